The van der Waals surface area contributed by atoms with Crippen LogP contribution in [0.1, 0.15) is 12.7 Å². The molecular weight excluding hydrogens is 126 g/mol. The maximum Gasteiger partial charge on any atom is 0.128 e. The highest BCUT2D eigenvalue weighted by Gasteiger charge is 1.90. The number of hydrogen-bond donors (Lipinski definition) is 1. The van der Waals surface area contributed by atoms with E-state index in [1.54, 1.807) is 12.4 Å². The molecule has 0 saturated carbocycles. The monoisotopic (exact) mass is 137 g/mol. The second-order valence-corrected chi connectivity index (χ2v) is 1.99. The van der Waals surface area contributed by atoms with Gasteiger partial charge >= 0.3 is 0 Å². The molecule has 54 valence electrons. The lowest BCUT2D eigenvalue weighted by molar-refractivity contribution is 0.940. The third kappa shape index (κ3) is 1.43. The quantitative estimate of drug-likeness (QED) is 0.662. The van der Waals surface area contributed by atoms with Crippen molar-refractivity contribution < 1.29 is 0 Å². The van der Waals surface area contributed by atoms with Crippen molar-refractivity contribution in [2.75, 3.05) is 12.4 Å². The molecule has 1 aromatic heterocycles. The van der Waals surface area contributed by atoms with E-state index in [2.05, 4.69) is 15.3 Å². The third-order valence-electron chi connectivity index (χ3n) is 1.31. The van der Waals surface area contributed by atoms with E-state index in [0.29, 0.717) is 0 Å². The second kappa shape index (κ2) is 3.15. The van der Waals surface area contributed by atoms with Crippen molar-refractivity contribution in [3.63, 3.8) is 0 Å². The molecule has 10 heavy (non-hydrogen) atoms. The van der Waals surface area contributed by atoms with Crippen molar-refractivity contribution in [3.05, 3.63) is 18.2 Å². The van der Waals surface area contributed by atoms with E-state index in [4.69, 9.17) is 0 Å². The number of rotatable bonds is 2. The topological polar surface area (TPSA) is 37.8 Å². The number of hydrogen-bond acceptors (Lipinski definition) is 3. The molecular formula is C7H11N3. The van der Waals surface area contributed by atoms with Crippen LogP contribution in [0.3, 0.4) is 0 Å². The molecule has 3 nitrogen and oxygen atoms in total. The van der Waals surface area contributed by atoms with Gasteiger partial charge in [-0.1, -0.05) is 6.92 Å². The Morgan fingerprint density at radius 1 is 1.40 bits per heavy atom. The lowest BCUT2D eigenvalue weighted by atomic mass is 10.4. The van der Waals surface area contributed by atoms with Gasteiger partial charge in [0.1, 0.15) is 5.82 Å². The van der Waals surface area contributed by atoms with Gasteiger partial charge in [0.2, 0.25) is 0 Å². The number of aromatic nitrogens is 2. The maximum absolute atomic E-state index is 4.09. The fourth-order valence-electron chi connectivity index (χ4n) is 0.666. The molecule has 1 heterocycles. The molecule has 0 aliphatic heterocycles. The fraction of sp³-hybridized carbons (Fsp3) is 0.429. The van der Waals surface area contributed by atoms with E-state index in [-0.39, 0.29) is 0 Å². The zero-order valence-corrected chi connectivity index (χ0v) is 6.26. The molecule has 0 radical (unpaired) electrons. The highest BCUT2D eigenvalue weighted by atomic mass is 14.9. The van der Waals surface area contributed by atoms with Crippen LogP contribution in [-0.4, -0.2) is 17.0 Å². The SMILES string of the molecule is CCc1ncc(NC)cn1. The molecule has 0 aromatic carbocycles. The van der Waals surface area contributed by atoms with Crippen LogP contribution >= 0.6 is 0 Å². The van der Waals surface area contributed by atoms with Crippen LogP contribution in [0.4, 0.5) is 5.69 Å². The summed E-state index contributed by atoms with van der Waals surface area (Å²) in [7, 11) is 1.85. The van der Waals surface area contributed by atoms with Gasteiger partial charge in [-0.15, -0.1) is 0 Å². The van der Waals surface area contributed by atoms with Crippen LogP contribution in [0, 0.1) is 0 Å². The Morgan fingerprint density at radius 2 is 2.00 bits per heavy atom. The number of anilines is 1. The van der Waals surface area contributed by atoms with Crippen molar-refractivity contribution >= 4 is 5.69 Å². The third-order valence-corrected chi connectivity index (χ3v) is 1.31. The lowest BCUT2D eigenvalue weighted by Gasteiger charge is -1.97. The minimum Gasteiger partial charge on any atom is -0.386 e. The Balaban J connectivity index is 2.80. The lowest BCUT2D eigenvalue weighted by Crippen LogP contribution is -1.94. The van der Waals surface area contributed by atoms with E-state index in [0.717, 1.165) is 17.9 Å². The predicted molar refractivity (Wildman–Crippen MR) is 41.0 cm³/mol. The Hall–Kier alpha value is -1.12. The molecule has 3 heteroatoms. The minimum absolute atomic E-state index is 0.888. The summed E-state index contributed by atoms with van der Waals surface area (Å²) in [5, 5.41) is 2.95. The van der Waals surface area contributed by atoms with E-state index in [1.807, 2.05) is 14.0 Å². The summed E-state index contributed by atoms with van der Waals surface area (Å²) in [6.45, 7) is 2.04. The Labute approximate surface area is 60.5 Å². The number of nitrogens with zero attached hydrogens (tertiary/aromatic N) is 2. The highest BCUT2D eigenvalue weighted by Crippen LogP contribution is 2.00. The van der Waals surface area contributed by atoms with Gasteiger partial charge in [-0.05, 0) is 0 Å². The molecule has 0 aliphatic rings. The van der Waals surface area contributed by atoms with Crippen LogP contribution in [-0.2, 0) is 6.42 Å². The molecule has 1 aromatic rings. The van der Waals surface area contributed by atoms with Crippen LogP contribution in [0.15, 0.2) is 12.4 Å². The maximum atomic E-state index is 4.09. The van der Waals surface area contributed by atoms with Crippen molar-refractivity contribution in [2.24, 2.45) is 0 Å². The molecule has 0 spiro atoms. The van der Waals surface area contributed by atoms with Gasteiger partial charge < -0.3 is 5.32 Å². The van der Waals surface area contributed by atoms with Gasteiger partial charge in [0, 0.05) is 13.5 Å². The standard InChI is InChI=1S/C7H11N3/c1-3-7-9-4-6(8-2)5-10-7/h4-5,8H,3H2,1-2H3. The van der Waals surface area contributed by atoms with Crippen molar-refractivity contribution in [1.29, 1.82) is 0 Å². The zero-order chi connectivity index (χ0) is 7.40. The summed E-state index contributed by atoms with van der Waals surface area (Å²) in [6, 6.07) is 0. The largest absolute Gasteiger partial charge is 0.386 e. The van der Waals surface area contributed by atoms with Crippen molar-refractivity contribution in [2.45, 2.75) is 13.3 Å². The first kappa shape index (κ1) is 6.99. The summed E-state index contributed by atoms with van der Waals surface area (Å²) in [6.07, 6.45) is 4.46. The second-order valence-electron chi connectivity index (χ2n) is 1.99. The van der Waals surface area contributed by atoms with E-state index < -0.39 is 0 Å². The van der Waals surface area contributed by atoms with E-state index in [9.17, 15) is 0 Å². The van der Waals surface area contributed by atoms with Gasteiger partial charge in [0.05, 0.1) is 18.1 Å². The Morgan fingerprint density at radius 3 is 2.40 bits per heavy atom. The number of nitrogens with one attached hydrogen (secondary N) is 1. The first-order valence-corrected chi connectivity index (χ1v) is 3.35. The molecule has 0 saturated heterocycles. The van der Waals surface area contributed by atoms with Gasteiger partial charge in [0.15, 0.2) is 0 Å². The van der Waals surface area contributed by atoms with Crippen LogP contribution < -0.4 is 5.32 Å². The summed E-state index contributed by atoms with van der Waals surface area (Å²) in [5.41, 5.74) is 0.956. The van der Waals surface area contributed by atoms with Gasteiger partial charge in [-0.3, -0.25) is 0 Å². The molecule has 1 rings (SSSR count). The average Bonchev–Trinajstić information content (AvgIpc) is 2.05. The van der Waals surface area contributed by atoms with Crippen LogP contribution in [0.2, 0.25) is 0 Å². The van der Waals surface area contributed by atoms with Gasteiger partial charge in [0.25, 0.3) is 0 Å². The molecule has 0 fully saturated rings. The van der Waals surface area contributed by atoms with Gasteiger partial charge in [-0.2, -0.15) is 0 Å². The molecule has 0 bridgehead atoms. The van der Waals surface area contributed by atoms with Crippen LogP contribution in [0.5, 0.6) is 0 Å². The van der Waals surface area contributed by atoms with Crippen molar-refractivity contribution in [3.8, 4) is 0 Å². The zero-order valence-electron chi connectivity index (χ0n) is 6.26. The first-order valence-electron chi connectivity index (χ1n) is 3.35. The molecule has 0 unspecified atom stereocenters. The fourth-order valence-corrected chi connectivity index (χ4v) is 0.666. The van der Waals surface area contributed by atoms with Crippen molar-refractivity contribution in [1.82, 2.24) is 9.97 Å². The summed E-state index contributed by atoms with van der Waals surface area (Å²) >= 11 is 0. The Kier molecular flexibility index (Phi) is 2.20. The molecule has 0 aliphatic carbocycles. The molecule has 0 atom stereocenters. The van der Waals surface area contributed by atoms with Crippen LogP contribution in [0.25, 0.3) is 0 Å². The first-order chi connectivity index (χ1) is 4.86. The van der Waals surface area contributed by atoms with E-state index >= 15 is 0 Å². The predicted octanol–water partition coefficient (Wildman–Crippen LogP) is 1.08. The van der Waals surface area contributed by atoms with E-state index in [1.165, 1.54) is 0 Å². The molecule has 1 N–H and O–H groups in total. The number of aryl methyl sites for hydroxylation is 1. The normalized spacial score (nSPS) is 9.40. The summed E-state index contributed by atoms with van der Waals surface area (Å²) in [4.78, 5) is 8.19. The minimum atomic E-state index is 0.888. The summed E-state index contributed by atoms with van der Waals surface area (Å²) < 4.78 is 0. The highest BCUT2D eigenvalue weighted by molar-refractivity contribution is 5.36. The summed E-state index contributed by atoms with van der Waals surface area (Å²) in [5.74, 6) is 0.888. The molecule has 0 amide bonds. The van der Waals surface area contributed by atoms with Gasteiger partial charge in [-0.25, -0.2) is 9.97 Å². The average molecular weight is 137 g/mol. The smallest absolute Gasteiger partial charge is 0.128 e. The Bertz CT molecular complexity index is 170.